The molecular weight excluding hydrogens is 521 g/mol. The average Bonchev–Trinajstić information content (AvgIpc) is 3.48. The van der Waals surface area contributed by atoms with Gasteiger partial charge in [-0.2, -0.15) is 0 Å². The number of aliphatic imine (C=N–C) groups is 1. The van der Waals surface area contributed by atoms with E-state index in [9.17, 15) is 4.79 Å². The highest BCUT2D eigenvalue weighted by atomic mass is 127. The Morgan fingerprint density at radius 1 is 1.19 bits per heavy atom. The third kappa shape index (κ3) is 7.76. The molecule has 8 heteroatoms. The van der Waals surface area contributed by atoms with Crippen molar-refractivity contribution in [1.29, 1.82) is 0 Å². The van der Waals surface area contributed by atoms with Crippen molar-refractivity contribution >= 4 is 47.2 Å². The van der Waals surface area contributed by atoms with Crippen molar-refractivity contribution in [2.75, 3.05) is 39.8 Å². The Hall–Kier alpha value is -1.65. The lowest BCUT2D eigenvalue weighted by molar-refractivity contribution is 0.0963. The lowest BCUT2D eigenvalue weighted by Gasteiger charge is -2.25. The maximum atomic E-state index is 11.8. The van der Waals surface area contributed by atoms with E-state index in [1.165, 1.54) is 17.7 Å². The summed E-state index contributed by atoms with van der Waals surface area (Å²) in [6.07, 6.45) is 3.38. The molecule has 0 radical (unpaired) electrons. The van der Waals surface area contributed by atoms with Crippen molar-refractivity contribution in [3.63, 3.8) is 0 Å². The zero-order valence-corrected chi connectivity index (χ0v) is 21.5. The fourth-order valence-electron chi connectivity index (χ4n) is 3.78. The monoisotopic (exact) mass is 555 g/mol. The van der Waals surface area contributed by atoms with Crippen LogP contribution in [0.5, 0.6) is 0 Å². The summed E-state index contributed by atoms with van der Waals surface area (Å²) in [5, 5.41) is 11.6. The number of hydrogen-bond donors (Lipinski definition) is 3. The van der Waals surface area contributed by atoms with Gasteiger partial charge in [0.05, 0.1) is 12.6 Å². The highest BCUT2D eigenvalue weighted by Crippen LogP contribution is 2.28. The number of thiophene rings is 1. The van der Waals surface area contributed by atoms with Gasteiger partial charge in [-0.05, 0) is 68.4 Å². The summed E-state index contributed by atoms with van der Waals surface area (Å²) >= 11 is 1.82. The highest BCUT2D eigenvalue weighted by Gasteiger charge is 2.24. The minimum atomic E-state index is -0.0544. The standard InChI is InChI=1S/C23H33N5OS.HI/c1-3-25-23(26-12-11-18-8-6-9-19(16-18)22(29)24-2)27-17-20(21-10-7-15-30-21)28-13-4-5-14-28;/h6-10,15-16,20H,3-5,11-14,17H2,1-2H3,(H,24,29)(H2,25,26,27);1H. The quantitative estimate of drug-likeness (QED) is 0.251. The second-order valence-electron chi connectivity index (χ2n) is 7.45. The summed E-state index contributed by atoms with van der Waals surface area (Å²) in [4.78, 5) is 20.7. The largest absolute Gasteiger partial charge is 0.357 e. The second-order valence-corrected chi connectivity index (χ2v) is 8.43. The number of carbonyl (C=O) groups excluding carboxylic acids is 1. The number of carbonyl (C=O) groups is 1. The van der Waals surface area contributed by atoms with Gasteiger partial charge in [-0.1, -0.05) is 18.2 Å². The normalized spacial score (nSPS) is 15.2. The molecule has 1 aliphatic heterocycles. The molecule has 1 atom stereocenters. The summed E-state index contributed by atoms with van der Waals surface area (Å²) in [5.41, 5.74) is 1.83. The average molecular weight is 556 g/mol. The third-order valence-electron chi connectivity index (χ3n) is 5.34. The Balaban J connectivity index is 0.00000341. The van der Waals surface area contributed by atoms with Crippen LogP contribution >= 0.6 is 35.3 Å². The molecule has 0 bridgehead atoms. The van der Waals surface area contributed by atoms with Gasteiger partial charge in [0.25, 0.3) is 5.91 Å². The highest BCUT2D eigenvalue weighted by molar-refractivity contribution is 14.0. The number of likely N-dealkylation sites (tertiary alicyclic amines) is 1. The predicted octanol–water partition coefficient (Wildman–Crippen LogP) is 3.66. The van der Waals surface area contributed by atoms with Gasteiger partial charge in [0.15, 0.2) is 5.96 Å². The molecule has 1 aromatic heterocycles. The van der Waals surface area contributed by atoms with E-state index in [-0.39, 0.29) is 29.9 Å². The summed E-state index contributed by atoms with van der Waals surface area (Å²) in [7, 11) is 1.65. The molecule has 3 rings (SSSR count). The van der Waals surface area contributed by atoms with Gasteiger partial charge >= 0.3 is 0 Å². The fraction of sp³-hybridized carbons (Fsp3) is 0.478. The number of nitrogens with one attached hydrogen (secondary N) is 3. The lowest BCUT2D eigenvalue weighted by atomic mass is 10.1. The molecule has 1 aromatic carbocycles. The Morgan fingerprint density at radius 2 is 2.00 bits per heavy atom. The Labute approximate surface area is 206 Å². The van der Waals surface area contributed by atoms with Crippen LogP contribution in [0.15, 0.2) is 46.8 Å². The van der Waals surface area contributed by atoms with Crippen LogP contribution in [0.4, 0.5) is 0 Å². The van der Waals surface area contributed by atoms with Crippen LogP contribution in [0.3, 0.4) is 0 Å². The number of guanidine groups is 1. The molecule has 3 N–H and O–H groups in total. The lowest BCUT2D eigenvalue weighted by Crippen LogP contribution is -2.39. The van der Waals surface area contributed by atoms with Crippen LogP contribution in [0.2, 0.25) is 0 Å². The van der Waals surface area contributed by atoms with Crippen molar-refractivity contribution in [3.05, 3.63) is 57.8 Å². The first-order valence-electron chi connectivity index (χ1n) is 10.8. The maximum absolute atomic E-state index is 11.8. The predicted molar refractivity (Wildman–Crippen MR) is 141 cm³/mol. The van der Waals surface area contributed by atoms with E-state index < -0.39 is 0 Å². The first-order chi connectivity index (χ1) is 14.7. The maximum Gasteiger partial charge on any atom is 0.251 e. The molecule has 0 saturated carbocycles. The fourth-order valence-corrected chi connectivity index (χ4v) is 4.63. The number of nitrogens with zero attached hydrogens (tertiary/aromatic N) is 2. The number of halogens is 1. The molecule has 6 nitrogen and oxygen atoms in total. The Morgan fingerprint density at radius 3 is 2.68 bits per heavy atom. The van der Waals surface area contributed by atoms with Crippen molar-refractivity contribution in [2.45, 2.75) is 32.2 Å². The Bertz CT molecular complexity index is 821. The molecule has 2 heterocycles. The minimum absolute atomic E-state index is 0. The van der Waals surface area contributed by atoms with Gasteiger partial charge < -0.3 is 16.0 Å². The number of amides is 1. The smallest absolute Gasteiger partial charge is 0.251 e. The first kappa shape index (κ1) is 25.6. The summed E-state index contributed by atoms with van der Waals surface area (Å²) in [6.45, 7) is 6.73. The molecule has 2 aromatic rings. The zero-order chi connectivity index (χ0) is 21.2. The zero-order valence-electron chi connectivity index (χ0n) is 18.4. The van der Waals surface area contributed by atoms with Gasteiger partial charge in [0.1, 0.15) is 0 Å². The van der Waals surface area contributed by atoms with E-state index in [0.717, 1.165) is 50.7 Å². The van der Waals surface area contributed by atoms with Crippen LogP contribution in [-0.4, -0.2) is 56.5 Å². The van der Waals surface area contributed by atoms with Crippen molar-refractivity contribution in [1.82, 2.24) is 20.9 Å². The third-order valence-corrected chi connectivity index (χ3v) is 6.32. The number of benzene rings is 1. The molecule has 1 aliphatic rings. The molecule has 1 saturated heterocycles. The molecule has 1 amide bonds. The van der Waals surface area contributed by atoms with Gasteiger partial charge in [0.2, 0.25) is 0 Å². The molecule has 0 spiro atoms. The summed E-state index contributed by atoms with van der Waals surface area (Å²) < 4.78 is 0. The van der Waals surface area contributed by atoms with Gasteiger partial charge in [0, 0.05) is 30.6 Å². The van der Waals surface area contributed by atoms with E-state index in [0.29, 0.717) is 11.6 Å². The molecule has 170 valence electrons. The molecule has 0 aliphatic carbocycles. The van der Waals surface area contributed by atoms with Crippen LogP contribution in [0, 0.1) is 0 Å². The molecule has 1 unspecified atom stereocenters. The van der Waals surface area contributed by atoms with Crippen molar-refractivity contribution in [3.8, 4) is 0 Å². The molecule has 31 heavy (non-hydrogen) atoms. The van der Waals surface area contributed by atoms with E-state index in [1.54, 1.807) is 7.05 Å². The van der Waals surface area contributed by atoms with E-state index in [4.69, 9.17) is 4.99 Å². The molecule has 1 fully saturated rings. The molecular formula is C23H34IN5OS. The second kappa shape index (κ2) is 13.7. The van der Waals surface area contributed by atoms with Gasteiger partial charge in [-0.25, -0.2) is 0 Å². The van der Waals surface area contributed by atoms with E-state index in [2.05, 4.69) is 51.4 Å². The van der Waals surface area contributed by atoms with Crippen LogP contribution < -0.4 is 16.0 Å². The number of hydrogen-bond acceptors (Lipinski definition) is 4. The summed E-state index contributed by atoms with van der Waals surface area (Å²) in [5.74, 6) is 0.793. The summed E-state index contributed by atoms with van der Waals surface area (Å²) in [6, 6.07) is 12.5. The topological polar surface area (TPSA) is 68.8 Å². The van der Waals surface area contributed by atoms with Gasteiger partial charge in [-0.3, -0.25) is 14.7 Å². The van der Waals surface area contributed by atoms with E-state index >= 15 is 0 Å². The Kier molecular flexibility index (Phi) is 11.3. The van der Waals surface area contributed by atoms with Crippen molar-refractivity contribution < 1.29 is 4.79 Å². The van der Waals surface area contributed by atoms with Crippen LogP contribution in [0.25, 0.3) is 0 Å². The van der Waals surface area contributed by atoms with Crippen molar-refractivity contribution in [2.24, 2.45) is 4.99 Å². The van der Waals surface area contributed by atoms with Gasteiger partial charge in [-0.15, -0.1) is 35.3 Å². The number of rotatable bonds is 9. The van der Waals surface area contributed by atoms with Crippen LogP contribution in [0.1, 0.15) is 46.6 Å². The van der Waals surface area contributed by atoms with E-state index in [1.807, 2.05) is 29.5 Å². The first-order valence-corrected chi connectivity index (χ1v) is 11.7. The minimum Gasteiger partial charge on any atom is -0.357 e. The SMILES string of the molecule is CCNC(=NCC(c1cccs1)N1CCCC1)NCCc1cccc(C(=O)NC)c1.I. The van der Waals surface area contributed by atoms with Crippen LogP contribution in [-0.2, 0) is 6.42 Å².